The summed E-state index contributed by atoms with van der Waals surface area (Å²) in [6, 6.07) is 8.44. The number of hydrogen-bond donors (Lipinski definition) is 1. The highest BCUT2D eigenvalue weighted by Crippen LogP contribution is 2.43. The maximum absolute atomic E-state index is 12.6. The van der Waals surface area contributed by atoms with E-state index in [2.05, 4.69) is 0 Å². The number of phenolic OH excluding ortho intramolecular Hbond substituents is 1. The molecule has 2 aromatic carbocycles. The van der Waals surface area contributed by atoms with Gasteiger partial charge in [0.2, 0.25) is 0 Å². The minimum atomic E-state index is -0.507. The van der Waals surface area contributed by atoms with Crippen LogP contribution in [0, 0.1) is 0 Å². The third kappa shape index (κ3) is 3.54. The van der Waals surface area contributed by atoms with Crippen LogP contribution in [0.25, 0.3) is 0 Å². The lowest BCUT2D eigenvalue weighted by Gasteiger charge is -2.27. The van der Waals surface area contributed by atoms with Crippen LogP contribution in [0.5, 0.6) is 28.7 Å². The number of Topliss-reactive ketones (excluding diaryl/α,β-unsaturated/α-hetero) is 1. The fourth-order valence-electron chi connectivity index (χ4n) is 2.96. The molecule has 0 saturated carbocycles. The van der Waals surface area contributed by atoms with Crippen molar-refractivity contribution >= 4 is 5.78 Å². The van der Waals surface area contributed by atoms with E-state index in [-0.39, 0.29) is 29.6 Å². The molecule has 0 bridgehead atoms. The summed E-state index contributed by atoms with van der Waals surface area (Å²) in [6.45, 7) is 3.77. The van der Waals surface area contributed by atoms with Crippen LogP contribution in [0.15, 0.2) is 30.3 Å². The lowest BCUT2D eigenvalue weighted by molar-refractivity contribution is 0.0843. The van der Waals surface area contributed by atoms with Crippen molar-refractivity contribution < 1.29 is 28.8 Å². The first-order chi connectivity index (χ1) is 12.4. The number of fused-ring (bicyclic) bond motifs is 1. The average Bonchev–Trinajstić information content (AvgIpc) is 2.59. The van der Waals surface area contributed by atoms with E-state index in [4.69, 9.17) is 18.9 Å². The number of hydrogen-bond acceptors (Lipinski definition) is 6. The number of carbonyl (C=O) groups is 1. The quantitative estimate of drug-likeness (QED) is 0.874. The molecule has 0 saturated heterocycles. The summed E-state index contributed by atoms with van der Waals surface area (Å²) in [5.41, 5.74) is 0.946. The second-order valence-electron chi connectivity index (χ2n) is 6.36. The molecule has 1 aliphatic rings. The lowest BCUT2D eigenvalue weighted by Crippen LogP contribution is -2.21. The largest absolute Gasteiger partial charge is 0.507 e. The molecule has 1 N–H and O–H groups in total. The van der Waals surface area contributed by atoms with Gasteiger partial charge in [-0.3, -0.25) is 4.79 Å². The van der Waals surface area contributed by atoms with Crippen LogP contribution in [0.2, 0.25) is 0 Å². The molecule has 0 amide bonds. The molecular formula is C20H22O6. The van der Waals surface area contributed by atoms with Crippen LogP contribution in [0.3, 0.4) is 0 Å². The second kappa shape index (κ2) is 7.15. The van der Waals surface area contributed by atoms with Crippen molar-refractivity contribution in [3.63, 3.8) is 0 Å². The topological polar surface area (TPSA) is 74.2 Å². The number of rotatable bonds is 5. The van der Waals surface area contributed by atoms with Gasteiger partial charge in [-0.1, -0.05) is 0 Å². The number of ether oxygens (including phenoxy) is 4. The van der Waals surface area contributed by atoms with Gasteiger partial charge in [0, 0.05) is 23.8 Å². The Balaban J connectivity index is 1.98. The predicted molar refractivity (Wildman–Crippen MR) is 95.7 cm³/mol. The molecule has 2 aromatic rings. The molecule has 3 rings (SSSR count). The minimum Gasteiger partial charge on any atom is -0.507 e. The van der Waals surface area contributed by atoms with E-state index in [0.29, 0.717) is 23.0 Å². The number of methoxy groups -OCH3 is 2. The Bertz CT molecular complexity index is 805. The Hall–Kier alpha value is -2.89. The van der Waals surface area contributed by atoms with Gasteiger partial charge in [-0.05, 0) is 26.0 Å². The normalized spacial score (nSPS) is 16.0. The summed E-state index contributed by atoms with van der Waals surface area (Å²) < 4.78 is 22.2. The third-order valence-corrected chi connectivity index (χ3v) is 4.09. The Kier molecular flexibility index (Phi) is 4.93. The molecule has 1 unspecified atom stereocenters. The summed E-state index contributed by atoms with van der Waals surface area (Å²) in [6.07, 6.45) is -0.459. The monoisotopic (exact) mass is 358 g/mol. The van der Waals surface area contributed by atoms with Crippen molar-refractivity contribution in [2.45, 2.75) is 32.5 Å². The first kappa shape index (κ1) is 17.9. The Morgan fingerprint density at radius 1 is 1.04 bits per heavy atom. The Morgan fingerprint density at radius 3 is 2.27 bits per heavy atom. The van der Waals surface area contributed by atoms with Crippen molar-refractivity contribution in [2.24, 2.45) is 0 Å². The van der Waals surface area contributed by atoms with E-state index in [1.165, 1.54) is 6.07 Å². The van der Waals surface area contributed by atoms with E-state index in [1.807, 2.05) is 13.8 Å². The van der Waals surface area contributed by atoms with Crippen LogP contribution in [0.1, 0.15) is 42.3 Å². The number of ketones is 1. The summed E-state index contributed by atoms with van der Waals surface area (Å²) in [4.78, 5) is 12.6. The van der Waals surface area contributed by atoms with Crippen molar-refractivity contribution in [3.8, 4) is 28.7 Å². The van der Waals surface area contributed by atoms with Gasteiger partial charge in [0.05, 0.1) is 26.7 Å². The van der Waals surface area contributed by atoms with Crippen molar-refractivity contribution in [2.75, 3.05) is 14.2 Å². The van der Waals surface area contributed by atoms with Crippen LogP contribution in [0.4, 0.5) is 0 Å². The maximum atomic E-state index is 12.6. The van der Waals surface area contributed by atoms with Gasteiger partial charge in [-0.25, -0.2) is 0 Å². The van der Waals surface area contributed by atoms with Gasteiger partial charge in [0.1, 0.15) is 40.4 Å². The lowest BCUT2D eigenvalue weighted by atomic mass is 9.95. The van der Waals surface area contributed by atoms with E-state index in [1.54, 1.807) is 38.5 Å². The summed E-state index contributed by atoms with van der Waals surface area (Å²) >= 11 is 0. The zero-order valence-corrected chi connectivity index (χ0v) is 15.2. The van der Waals surface area contributed by atoms with E-state index >= 15 is 0 Å². The molecule has 0 fully saturated rings. The summed E-state index contributed by atoms with van der Waals surface area (Å²) in [5.74, 6) is 1.66. The second-order valence-corrected chi connectivity index (χ2v) is 6.36. The predicted octanol–water partition coefficient (Wildman–Crippen LogP) is 3.90. The number of phenols is 1. The molecule has 1 heterocycles. The van der Waals surface area contributed by atoms with Gasteiger partial charge in [-0.2, -0.15) is 0 Å². The molecule has 6 heteroatoms. The fraction of sp³-hybridized carbons (Fsp3) is 0.350. The molecule has 1 atom stereocenters. The third-order valence-electron chi connectivity index (χ3n) is 4.09. The molecule has 26 heavy (non-hydrogen) atoms. The Labute approximate surface area is 152 Å². The number of carbonyl (C=O) groups excluding carboxylic acids is 1. The first-order valence-electron chi connectivity index (χ1n) is 8.37. The van der Waals surface area contributed by atoms with Gasteiger partial charge < -0.3 is 24.1 Å². The highest BCUT2D eigenvalue weighted by atomic mass is 16.5. The van der Waals surface area contributed by atoms with Crippen LogP contribution >= 0.6 is 0 Å². The highest BCUT2D eigenvalue weighted by molar-refractivity contribution is 6.02. The van der Waals surface area contributed by atoms with Crippen LogP contribution in [-0.2, 0) is 0 Å². The first-order valence-corrected chi connectivity index (χ1v) is 8.37. The zero-order chi connectivity index (χ0) is 18.8. The maximum Gasteiger partial charge on any atom is 0.174 e. The minimum absolute atomic E-state index is 0.0646. The van der Waals surface area contributed by atoms with Crippen LogP contribution < -0.4 is 18.9 Å². The van der Waals surface area contributed by atoms with E-state index in [9.17, 15) is 9.90 Å². The van der Waals surface area contributed by atoms with Gasteiger partial charge in [0.25, 0.3) is 0 Å². The van der Waals surface area contributed by atoms with Gasteiger partial charge in [-0.15, -0.1) is 0 Å². The molecule has 0 radical (unpaired) electrons. The molecule has 1 aliphatic heterocycles. The SMILES string of the molecule is COc1cc(OC)cc(C2CC(=O)c3c(O)cc(OC(C)C)cc3O2)c1. The Morgan fingerprint density at radius 2 is 1.69 bits per heavy atom. The van der Waals surface area contributed by atoms with Gasteiger partial charge in [0.15, 0.2) is 5.78 Å². The van der Waals surface area contributed by atoms with Crippen molar-refractivity contribution in [1.82, 2.24) is 0 Å². The number of aromatic hydroxyl groups is 1. The molecule has 0 spiro atoms. The van der Waals surface area contributed by atoms with E-state index < -0.39 is 6.10 Å². The molecule has 138 valence electrons. The molecular weight excluding hydrogens is 336 g/mol. The van der Waals surface area contributed by atoms with Crippen LogP contribution in [-0.4, -0.2) is 31.2 Å². The smallest absolute Gasteiger partial charge is 0.174 e. The van der Waals surface area contributed by atoms with Crippen molar-refractivity contribution in [3.05, 3.63) is 41.5 Å². The highest BCUT2D eigenvalue weighted by Gasteiger charge is 2.31. The zero-order valence-electron chi connectivity index (χ0n) is 15.2. The standard InChI is InChI=1S/C20H22O6/c1-11(2)25-15-8-16(21)20-17(22)10-18(26-19(20)9-15)12-5-13(23-3)7-14(6-12)24-4/h5-9,11,18,21H,10H2,1-4H3. The number of benzene rings is 2. The summed E-state index contributed by atoms with van der Waals surface area (Å²) in [7, 11) is 3.13. The van der Waals surface area contributed by atoms with Gasteiger partial charge >= 0.3 is 0 Å². The average molecular weight is 358 g/mol. The fourth-order valence-corrected chi connectivity index (χ4v) is 2.96. The molecule has 6 nitrogen and oxygen atoms in total. The van der Waals surface area contributed by atoms with E-state index in [0.717, 1.165) is 5.56 Å². The molecule has 0 aliphatic carbocycles. The van der Waals surface area contributed by atoms with Crippen molar-refractivity contribution in [1.29, 1.82) is 0 Å². The molecule has 0 aromatic heterocycles. The summed E-state index contributed by atoms with van der Waals surface area (Å²) in [5, 5.41) is 10.2.